The second-order valence-corrected chi connectivity index (χ2v) is 5.63. The molecule has 1 amide bonds. The van der Waals surface area contributed by atoms with Crippen LogP contribution < -0.4 is 4.90 Å². The maximum Gasteiger partial charge on any atom is 0.261 e. The van der Waals surface area contributed by atoms with E-state index in [1.54, 1.807) is 11.1 Å². The monoisotopic (exact) mass is 317 g/mol. The summed E-state index contributed by atoms with van der Waals surface area (Å²) in [5.41, 5.74) is 3.15. The molecule has 0 spiro atoms. The van der Waals surface area contributed by atoms with Crippen LogP contribution in [0.4, 0.5) is 5.69 Å². The maximum atomic E-state index is 13.1. The number of carbonyl (C=O) groups excluding carboxylic acids is 1. The molecule has 24 heavy (non-hydrogen) atoms. The second kappa shape index (κ2) is 7.04. The summed E-state index contributed by atoms with van der Waals surface area (Å²) in [4.78, 5) is 23.4. The third-order valence-corrected chi connectivity index (χ3v) is 3.83. The quantitative estimate of drug-likeness (QED) is 0.732. The van der Waals surface area contributed by atoms with Crippen LogP contribution >= 0.6 is 0 Å². The number of para-hydroxylation sites is 1. The number of aryl methyl sites for hydroxylation is 2. The minimum atomic E-state index is -0.0949. The van der Waals surface area contributed by atoms with Crippen molar-refractivity contribution >= 4 is 11.6 Å². The van der Waals surface area contributed by atoms with Crippen molar-refractivity contribution in [2.45, 2.75) is 20.4 Å². The molecule has 0 saturated heterocycles. The van der Waals surface area contributed by atoms with Crippen molar-refractivity contribution in [2.75, 3.05) is 4.90 Å². The topological polar surface area (TPSA) is 46.1 Å². The summed E-state index contributed by atoms with van der Waals surface area (Å²) in [6.07, 6.45) is 1.61. The molecule has 120 valence electrons. The number of amides is 1. The summed E-state index contributed by atoms with van der Waals surface area (Å²) in [7, 11) is 0. The van der Waals surface area contributed by atoms with Crippen molar-refractivity contribution in [3.05, 3.63) is 89.5 Å². The first kappa shape index (κ1) is 15.9. The molecule has 0 unspecified atom stereocenters. The Kier molecular flexibility index (Phi) is 4.66. The normalized spacial score (nSPS) is 10.4. The van der Waals surface area contributed by atoms with Gasteiger partial charge < -0.3 is 4.90 Å². The predicted molar refractivity (Wildman–Crippen MR) is 94.9 cm³/mol. The van der Waals surface area contributed by atoms with Crippen LogP contribution in [0.2, 0.25) is 0 Å². The summed E-state index contributed by atoms with van der Waals surface area (Å²) in [6, 6.07) is 19.6. The van der Waals surface area contributed by atoms with Gasteiger partial charge in [-0.05, 0) is 31.5 Å². The molecule has 0 aliphatic heterocycles. The lowest BCUT2D eigenvalue weighted by atomic mass is 10.1. The van der Waals surface area contributed by atoms with Crippen molar-refractivity contribution in [3.63, 3.8) is 0 Å². The van der Waals surface area contributed by atoms with Gasteiger partial charge in [-0.2, -0.15) is 0 Å². The van der Waals surface area contributed by atoms with E-state index in [1.807, 2.05) is 74.5 Å². The van der Waals surface area contributed by atoms with Crippen molar-refractivity contribution in [1.29, 1.82) is 0 Å². The lowest BCUT2D eigenvalue weighted by molar-refractivity contribution is 0.0983. The molecule has 3 aromatic rings. The Hall–Kier alpha value is -3.01. The van der Waals surface area contributed by atoms with Gasteiger partial charge in [0.25, 0.3) is 5.91 Å². The van der Waals surface area contributed by atoms with Gasteiger partial charge in [0.1, 0.15) is 5.82 Å². The molecule has 1 aromatic heterocycles. The van der Waals surface area contributed by atoms with E-state index < -0.39 is 0 Å². The highest BCUT2D eigenvalue weighted by molar-refractivity contribution is 6.06. The molecule has 2 aromatic carbocycles. The Morgan fingerprint density at radius 1 is 0.958 bits per heavy atom. The average molecular weight is 317 g/mol. The molecule has 0 saturated carbocycles. The number of aromatic nitrogens is 2. The molecule has 3 rings (SSSR count). The Morgan fingerprint density at radius 3 is 2.21 bits per heavy atom. The molecule has 0 atom stereocenters. The van der Waals surface area contributed by atoms with Crippen LogP contribution in [0, 0.1) is 13.8 Å². The first-order valence-corrected chi connectivity index (χ1v) is 7.86. The molecule has 0 radical (unpaired) electrons. The molecule has 0 aliphatic carbocycles. The van der Waals surface area contributed by atoms with Crippen LogP contribution in [0.3, 0.4) is 0 Å². The number of anilines is 1. The molecule has 0 N–H and O–H groups in total. The Morgan fingerprint density at radius 2 is 1.58 bits per heavy atom. The van der Waals surface area contributed by atoms with Crippen LogP contribution in [0.5, 0.6) is 0 Å². The van der Waals surface area contributed by atoms with Crippen molar-refractivity contribution in [2.24, 2.45) is 0 Å². The van der Waals surface area contributed by atoms with Gasteiger partial charge in [-0.1, -0.05) is 48.5 Å². The first-order chi connectivity index (χ1) is 11.6. The highest BCUT2D eigenvalue weighted by Crippen LogP contribution is 2.20. The van der Waals surface area contributed by atoms with E-state index in [1.165, 1.54) is 0 Å². The number of hydrogen-bond donors (Lipinski definition) is 0. The van der Waals surface area contributed by atoms with Crippen LogP contribution in [-0.2, 0) is 6.54 Å². The molecule has 4 nitrogen and oxygen atoms in total. The van der Waals surface area contributed by atoms with Gasteiger partial charge in [0.15, 0.2) is 0 Å². The van der Waals surface area contributed by atoms with E-state index in [9.17, 15) is 4.79 Å². The largest absolute Gasteiger partial charge is 0.304 e. The lowest BCUT2D eigenvalue weighted by Gasteiger charge is -2.23. The van der Waals surface area contributed by atoms with Crippen LogP contribution in [-0.4, -0.2) is 15.9 Å². The highest BCUT2D eigenvalue weighted by Gasteiger charge is 2.20. The van der Waals surface area contributed by atoms with E-state index in [-0.39, 0.29) is 5.91 Å². The number of hydrogen-bond acceptors (Lipinski definition) is 3. The van der Waals surface area contributed by atoms with E-state index >= 15 is 0 Å². The van der Waals surface area contributed by atoms with E-state index in [4.69, 9.17) is 0 Å². The molecule has 1 heterocycles. The Labute approximate surface area is 141 Å². The number of carbonyl (C=O) groups is 1. The Bertz CT molecular complexity index is 832. The van der Waals surface area contributed by atoms with Gasteiger partial charge in [0.2, 0.25) is 0 Å². The summed E-state index contributed by atoms with van der Waals surface area (Å²) < 4.78 is 0. The molecular formula is C20H19N3O. The van der Waals surface area contributed by atoms with Gasteiger partial charge in [0, 0.05) is 11.9 Å². The van der Waals surface area contributed by atoms with Gasteiger partial charge >= 0.3 is 0 Å². The van der Waals surface area contributed by atoms with E-state index in [2.05, 4.69) is 9.97 Å². The summed E-state index contributed by atoms with van der Waals surface area (Å²) in [5, 5.41) is 0. The zero-order chi connectivity index (χ0) is 16.9. The van der Waals surface area contributed by atoms with Crippen molar-refractivity contribution < 1.29 is 4.79 Å². The zero-order valence-corrected chi connectivity index (χ0v) is 13.8. The lowest BCUT2D eigenvalue weighted by Crippen LogP contribution is -2.31. The standard InChI is InChI=1S/C20H19N3O/c1-15-19(13-21-16(2)22-15)20(24)23(18-11-7-4-8-12-18)14-17-9-5-3-6-10-17/h3-13H,14H2,1-2H3. The van der Waals surface area contributed by atoms with E-state index in [0.29, 0.717) is 23.6 Å². The molecule has 4 heteroatoms. The fourth-order valence-corrected chi connectivity index (χ4v) is 2.59. The maximum absolute atomic E-state index is 13.1. The van der Waals surface area contributed by atoms with Crippen molar-refractivity contribution in [3.8, 4) is 0 Å². The smallest absolute Gasteiger partial charge is 0.261 e. The van der Waals surface area contributed by atoms with Crippen LogP contribution in [0.25, 0.3) is 0 Å². The van der Waals surface area contributed by atoms with E-state index in [0.717, 1.165) is 11.3 Å². The fraction of sp³-hybridized carbons (Fsp3) is 0.150. The van der Waals surface area contributed by atoms with Crippen LogP contribution in [0.15, 0.2) is 66.9 Å². The molecule has 0 fully saturated rings. The Balaban J connectivity index is 1.99. The van der Waals surface area contributed by atoms with Gasteiger partial charge in [-0.25, -0.2) is 9.97 Å². The third kappa shape index (κ3) is 3.49. The SMILES string of the molecule is Cc1ncc(C(=O)N(Cc2ccccc2)c2ccccc2)c(C)n1. The minimum Gasteiger partial charge on any atom is -0.304 e. The summed E-state index contributed by atoms with van der Waals surface area (Å²) in [6.45, 7) is 4.16. The van der Waals surface area contributed by atoms with Gasteiger partial charge in [-0.3, -0.25) is 4.79 Å². The predicted octanol–water partition coefficient (Wildman–Crippen LogP) is 3.94. The molecular weight excluding hydrogens is 298 g/mol. The first-order valence-electron chi connectivity index (χ1n) is 7.86. The number of benzene rings is 2. The third-order valence-electron chi connectivity index (χ3n) is 3.83. The summed E-state index contributed by atoms with van der Waals surface area (Å²) >= 11 is 0. The molecule has 0 aliphatic rings. The number of nitrogens with zero attached hydrogens (tertiary/aromatic N) is 3. The van der Waals surface area contributed by atoms with Crippen molar-refractivity contribution in [1.82, 2.24) is 9.97 Å². The van der Waals surface area contributed by atoms with Crippen LogP contribution in [0.1, 0.15) is 27.4 Å². The number of rotatable bonds is 4. The fourth-order valence-electron chi connectivity index (χ4n) is 2.59. The minimum absolute atomic E-state index is 0.0949. The molecule has 0 bridgehead atoms. The van der Waals surface area contributed by atoms with Gasteiger partial charge in [-0.15, -0.1) is 0 Å². The summed E-state index contributed by atoms with van der Waals surface area (Å²) in [5.74, 6) is 0.570. The second-order valence-electron chi connectivity index (χ2n) is 5.63. The zero-order valence-electron chi connectivity index (χ0n) is 13.8. The average Bonchev–Trinajstić information content (AvgIpc) is 2.61. The van der Waals surface area contributed by atoms with Gasteiger partial charge in [0.05, 0.1) is 17.8 Å². The highest BCUT2D eigenvalue weighted by atomic mass is 16.2.